The van der Waals surface area contributed by atoms with Gasteiger partial charge in [0.1, 0.15) is 0 Å². The van der Waals surface area contributed by atoms with Crippen molar-refractivity contribution in [1.82, 2.24) is 9.80 Å². The average Bonchev–Trinajstić information content (AvgIpc) is 2.30. The molecule has 0 aromatic heterocycles. The summed E-state index contributed by atoms with van der Waals surface area (Å²) in [6.45, 7) is 13.7. The van der Waals surface area contributed by atoms with Gasteiger partial charge in [0.25, 0.3) is 0 Å². The Morgan fingerprint density at radius 2 is 1.61 bits per heavy atom. The van der Waals surface area contributed by atoms with E-state index in [0.717, 1.165) is 12.8 Å². The van der Waals surface area contributed by atoms with E-state index in [1.54, 1.807) is 22.2 Å². The van der Waals surface area contributed by atoms with Gasteiger partial charge in [-0.3, -0.25) is 9.59 Å². The molecule has 0 radical (unpaired) electrons. The fourth-order valence-corrected chi connectivity index (χ4v) is 1.75. The molecular weight excluding hydrogens is 228 g/mol. The lowest BCUT2D eigenvalue weighted by molar-refractivity contribution is -0.127. The molecule has 1 atom stereocenters. The van der Waals surface area contributed by atoms with Crippen molar-refractivity contribution < 1.29 is 9.59 Å². The van der Waals surface area contributed by atoms with Gasteiger partial charge in [-0.1, -0.05) is 20.1 Å². The number of hydrogen-bond acceptors (Lipinski definition) is 2. The van der Waals surface area contributed by atoms with Gasteiger partial charge in [-0.2, -0.15) is 0 Å². The summed E-state index contributed by atoms with van der Waals surface area (Å²) in [4.78, 5) is 25.6. The number of nitrogens with zero attached hydrogens (tertiary/aromatic N) is 2. The van der Waals surface area contributed by atoms with E-state index in [1.807, 2.05) is 0 Å². The van der Waals surface area contributed by atoms with Crippen LogP contribution in [0.5, 0.6) is 0 Å². The third kappa shape index (κ3) is 6.23. The van der Waals surface area contributed by atoms with Crippen LogP contribution in [0.1, 0.15) is 33.6 Å². The van der Waals surface area contributed by atoms with Gasteiger partial charge in [-0.15, -0.1) is 0 Å². The first-order chi connectivity index (χ1) is 8.42. The maximum absolute atomic E-state index is 11.2. The molecule has 0 aromatic carbocycles. The van der Waals surface area contributed by atoms with Crippen molar-refractivity contribution in [1.29, 1.82) is 0 Å². The van der Waals surface area contributed by atoms with Crippen molar-refractivity contribution >= 4 is 11.8 Å². The summed E-state index contributed by atoms with van der Waals surface area (Å²) >= 11 is 0. The topological polar surface area (TPSA) is 40.6 Å². The highest BCUT2D eigenvalue weighted by Gasteiger charge is 2.11. The van der Waals surface area contributed by atoms with Crippen LogP contribution in [0.15, 0.2) is 25.6 Å². The van der Waals surface area contributed by atoms with Gasteiger partial charge in [0.05, 0.1) is 0 Å². The van der Waals surface area contributed by atoms with Crippen LogP contribution in [0.3, 0.4) is 0 Å². The number of carbonyl (C=O) groups is 2. The zero-order valence-corrected chi connectivity index (χ0v) is 11.7. The van der Waals surface area contributed by atoms with Crippen molar-refractivity contribution in [2.45, 2.75) is 33.6 Å². The Bertz CT molecular complexity index is 313. The molecule has 1 unspecified atom stereocenters. The van der Waals surface area contributed by atoms with Crippen LogP contribution in [0, 0.1) is 5.92 Å². The summed E-state index contributed by atoms with van der Waals surface area (Å²) < 4.78 is 0. The van der Waals surface area contributed by atoms with E-state index in [-0.39, 0.29) is 11.8 Å². The van der Waals surface area contributed by atoms with E-state index in [2.05, 4.69) is 20.1 Å². The minimum Gasteiger partial charge on any atom is -0.320 e. The normalized spacial score (nSPS) is 11.5. The summed E-state index contributed by atoms with van der Waals surface area (Å²) in [7, 11) is 0. The first-order valence-electron chi connectivity index (χ1n) is 6.21. The highest BCUT2D eigenvalue weighted by Crippen LogP contribution is 2.09. The van der Waals surface area contributed by atoms with Crippen molar-refractivity contribution in [3.8, 4) is 0 Å². The van der Waals surface area contributed by atoms with Gasteiger partial charge in [-0.25, -0.2) is 0 Å². The molecule has 0 spiro atoms. The molecule has 0 aliphatic rings. The van der Waals surface area contributed by atoms with E-state index in [4.69, 9.17) is 0 Å². The second-order valence-corrected chi connectivity index (χ2v) is 4.50. The monoisotopic (exact) mass is 252 g/mol. The van der Waals surface area contributed by atoms with Gasteiger partial charge >= 0.3 is 0 Å². The molecule has 0 heterocycles. The lowest BCUT2D eigenvalue weighted by Crippen LogP contribution is -2.28. The smallest absolute Gasteiger partial charge is 0.223 e. The van der Waals surface area contributed by atoms with E-state index >= 15 is 0 Å². The molecule has 0 aliphatic carbocycles. The zero-order chi connectivity index (χ0) is 14.1. The number of rotatable bonds is 8. The predicted octanol–water partition coefficient (Wildman–Crippen LogP) is 2.39. The van der Waals surface area contributed by atoms with Crippen LogP contribution < -0.4 is 0 Å². The maximum atomic E-state index is 11.2. The van der Waals surface area contributed by atoms with E-state index in [1.165, 1.54) is 13.8 Å². The van der Waals surface area contributed by atoms with E-state index in [9.17, 15) is 9.59 Å². The largest absolute Gasteiger partial charge is 0.320 e. The molecule has 0 aromatic rings. The molecule has 0 aliphatic heterocycles. The Morgan fingerprint density at radius 1 is 1.11 bits per heavy atom. The van der Waals surface area contributed by atoms with Gasteiger partial charge in [0.15, 0.2) is 0 Å². The minimum absolute atomic E-state index is 0.00769. The third-order valence-electron chi connectivity index (χ3n) is 2.85. The van der Waals surface area contributed by atoms with Crippen LogP contribution >= 0.6 is 0 Å². The van der Waals surface area contributed by atoms with Crippen LogP contribution in [0.4, 0.5) is 0 Å². The van der Waals surface area contributed by atoms with Crippen molar-refractivity contribution in [3.63, 3.8) is 0 Å². The summed E-state index contributed by atoms with van der Waals surface area (Å²) in [5.74, 6) is 0.396. The predicted molar refractivity (Wildman–Crippen MR) is 73.6 cm³/mol. The van der Waals surface area contributed by atoms with Gasteiger partial charge < -0.3 is 9.80 Å². The Labute approximate surface area is 110 Å². The molecule has 0 saturated heterocycles. The van der Waals surface area contributed by atoms with Gasteiger partial charge in [0.2, 0.25) is 11.8 Å². The SMILES string of the molecule is C=CN(CCCC(C)CN(C=C)C(C)=O)C(C)=O. The first kappa shape index (κ1) is 16.4. The molecule has 4 heteroatoms. The molecule has 0 rings (SSSR count). The van der Waals surface area contributed by atoms with Crippen molar-refractivity contribution in [3.05, 3.63) is 25.6 Å². The standard InChI is InChI=1S/C14H24N2O2/c1-6-15(13(4)17)10-8-9-12(3)11-16(7-2)14(5)18/h6-7,12H,1-2,8-11H2,3-5H3. The minimum atomic E-state index is 0.00769. The maximum Gasteiger partial charge on any atom is 0.223 e. The van der Waals surface area contributed by atoms with Gasteiger partial charge in [-0.05, 0) is 31.2 Å². The Morgan fingerprint density at radius 3 is 2.00 bits per heavy atom. The van der Waals surface area contributed by atoms with Crippen molar-refractivity contribution in [2.24, 2.45) is 5.92 Å². The number of carbonyl (C=O) groups excluding carboxylic acids is 2. The average molecular weight is 252 g/mol. The summed E-state index contributed by atoms with van der Waals surface area (Å²) in [6.07, 6.45) is 4.97. The zero-order valence-electron chi connectivity index (χ0n) is 11.7. The Kier molecular flexibility index (Phi) is 7.76. The second-order valence-electron chi connectivity index (χ2n) is 4.50. The van der Waals surface area contributed by atoms with E-state index < -0.39 is 0 Å². The highest BCUT2D eigenvalue weighted by atomic mass is 16.2. The highest BCUT2D eigenvalue weighted by molar-refractivity contribution is 5.74. The molecule has 0 N–H and O–H groups in total. The molecular formula is C14H24N2O2. The Hall–Kier alpha value is -1.58. The van der Waals surface area contributed by atoms with Crippen LogP contribution in [0.2, 0.25) is 0 Å². The fourth-order valence-electron chi connectivity index (χ4n) is 1.75. The molecule has 18 heavy (non-hydrogen) atoms. The first-order valence-corrected chi connectivity index (χ1v) is 6.21. The molecule has 4 nitrogen and oxygen atoms in total. The number of hydrogen-bond donors (Lipinski definition) is 0. The lowest BCUT2D eigenvalue weighted by Gasteiger charge is -2.22. The molecule has 2 amide bonds. The lowest BCUT2D eigenvalue weighted by atomic mass is 10.0. The van der Waals surface area contributed by atoms with Crippen molar-refractivity contribution in [2.75, 3.05) is 13.1 Å². The van der Waals surface area contributed by atoms with Gasteiger partial charge in [0, 0.05) is 26.9 Å². The second kappa shape index (κ2) is 8.50. The molecule has 0 saturated carbocycles. The fraction of sp³-hybridized carbons (Fsp3) is 0.571. The third-order valence-corrected chi connectivity index (χ3v) is 2.85. The summed E-state index contributed by atoms with van der Waals surface area (Å²) in [5.41, 5.74) is 0. The molecule has 102 valence electrons. The summed E-state index contributed by atoms with van der Waals surface area (Å²) in [5, 5.41) is 0. The van der Waals surface area contributed by atoms with Crippen LogP contribution in [-0.4, -0.2) is 34.7 Å². The molecule has 0 fully saturated rings. The molecule has 0 bridgehead atoms. The van der Waals surface area contributed by atoms with E-state index in [0.29, 0.717) is 19.0 Å². The Balaban J connectivity index is 3.99. The van der Waals surface area contributed by atoms with Crippen LogP contribution in [0.25, 0.3) is 0 Å². The van der Waals surface area contributed by atoms with Crippen LogP contribution in [-0.2, 0) is 9.59 Å². The quantitative estimate of drug-likeness (QED) is 0.665. The summed E-state index contributed by atoms with van der Waals surface area (Å²) in [6, 6.07) is 0. The number of amides is 2.